The first kappa shape index (κ1) is 15.0. The summed E-state index contributed by atoms with van der Waals surface area (Å²) in [6.45, 7) is 0.290. The molecule has 2 aromatic rings. The highest BCUT2D eigenvalue weighted by Gasteiger charge is 2.13. The largest absolute Gasteiger partial charge is 0.348 e. The van der Waals surface area contributed by atoms with Crippen LogP contribution in [-0.4, -0.2) is 5.91 Å². The minimum Gasteiger partial charge on any atom is -0.348 e. The first-order valence-electron chi connectivity index (χ1n) is 5.14. The lowest BCUT2D eigenvalue weighted by molar-refractivity contribution is 0.0950. The van der Waals surface area contributed by atoms with Crippen molar-refractivity contribution >= 4 is 60.7 Å². The zero-order chi connectivity index (χ0) is 14.0. The summed E-state index contributed by atoms with van der Waals surface area (Å²) in [5.74, 6) is -0.671. The lowest BCUT2D eigenvalue weighted by atomic mass is 10.2. The van der Waals surface area contributed by atoms with Crippen LogP contribution in [0.25, 0.3) is 0 Å². The van der Waals surface area contributed by atoms with Crippen molar-refractivity contribution in [2.24, 2.45) is 0 Å². The Morgan fingerprint density at radius 3 is 2.68 bits per heavy atom. The highest BCUT2D eigenvalue weighted by molar-refractivity contribution is 9.12. The molecule has 0 saturated carbocycles. The minimum atomic E-state index is -0.471. The highest BCUT2D eigenvalue weighted by atomic mass is 79.9. The molecule has 1 aromatic carbocycles. The second-order valence-electron chi connectivity index (χ2n) is 3.67. The molecule has 0 aliphatic rings. The fraction of sp³-hybridized carbons (Fsp3) is 0.0833. The van der Waals surface area contributed by atoms with Crippen LogP contribution in [0.15, 0.2) is 31.8 Å². The Balaban J connectivity index is 2.04. The van der Waals surface area contributed by atoms with Crippen molar-refractivity contribution in [3.05, 3.63) is 53.8 Å². The normalized spacial score (nSPS) is 10.5. The molecule has 1 heterocycles. The van der Waals surface area contributed by atoms with Gasteiger partial charge < -0.3 is 5.32 Å². The van der Waals surface area contributed by atoms with Gasteiger partial charge in [-0.2, -0.15) is 0 Å². The molecule has 1 N–H and O–H groups in total. The van der Waals surface area contributed by atoms with Crippen molar-refractivity contribution in [2.75, 3.05) is 0 Å². The van der Waals surface area contributed by atoms with E-state index in [-0.39, 0.29) is 10.9 Å². The number of rotatable bonds is 3. The van der Waals surface area contributed by atoms with E-state index in [1.165, 1.54) is 23.5 Å². The highest BCUT2D eigenvalue weighted by Crippen LogP contribution is 2.31. The van der Waals surface area contributed by atoms with E-state index in [2.05, 4.69) is 37.2 Å². The third kappa shape index (κ3) is 3.78. The van der Waals surface area contributed by atoms with E-state index < -0.39 is 5.82 Å². The van der Waals surface area contributed by atoms with Gasteiger partial charge in [0.1, 0.15) is 5.82 Å². The van der Waals surface area contributed by atoms with Crippen molar-refractivity contribution in [3.8, 4) is 0 Å². The third-order valence-corrected chi connectivity index (χ3v) is 4.97. The molecule has 0 radical (unpaired) electrons. The Labute approximate surface area is 135 Å². The summed E-state index contributed by atoms with van der Waals surface area (Å²) in [6, 6.07) is 6.10. The molecule has 0 bridgehead atoms. The van der Waals surface area contributed by atoms with Gasteiger partial charge in [-0.3, -0.25) is 4.79 Å². The van der Waals surface area contributed by atoms with Gasteiger partial charge in [0.05, 0.1) is 18.2 Å². The maximum atomic E-state index is 13.0. The second-order valence-corrected chi connectivity index (χ2v) is 7.83. The van der Waals surface area contributed by atoms with E-state index >= 15 is 0 Å². The maximum absolute atomic E-state index is 13.0. The van der Waals surface area contributed by atoms with E-state index in [0.29, 0.717) is 12.1 Å². The van der Waals surface area contributed by atoms with Gasteiger partial charge in [-0.1, -0.05) is 17.7 Å². The van der Waals surface area contributed by atoms with Crippen LogP contribution in [0.3, 0.4) is 0 Å². The number of thiophene rings is 1. The lowest BCUT2D eigenvalue weighted by Gasteiger charge is -2.05. The van der Waals surface area contributed by atoms with Gasteiger partial charge in [0.15, 0.2) is 0 Å². The fourth-order valence-corrected chi connectivity index (χ4v) is 4.42. The molecular formula is C12H7Br2ClFNOS. The van der Waals surface area contributed by atoms with E-state index in [9.17, 15) is 9.18 Å². The zero-order valence-corrected chi connectivity index (χ0v) is 14.1. The summed E-state index contributed by atoms with van der Waals surface area (Å²) in [4.78, 5) is 11.9. The van der Waals surface area contributed by atoms with Crippen molar-refractivity contribution in [1.82, 2.24) is 5.32 Å². The number of hydrogen-bond acceptors (Lipinski definition) is 2. The van der Waals surface area contributed by atoms with Crippen LogP contribution in [0.1, 0.15) is 15.9 Å². The zero-order valence-electron chi connectivity index (χ0n) is 9.34. The number of hydrogen-bond donors (Lipinski definition) is 1. The predicted molar refractivity (Wildman–Crippen MR) is 82.3 cm³/mol. The quantitative estimate of drug-likeness (QED) is 0.734. The molecule has 0 unspecified atom stereocenters. The number of nitrogens with one attached hydrogen (secondary N) is 1. The molecule has 1 amide bonds. The number of benzene rings is 1. The first-order chi connectivity index (χ1) is 8.97. The van der Waals surface area contributed by atoms with E-state index in [4.69, 9.17) is 11.6 Å². The van der Waals surface area contributed by atoms with Crippen LogP contribution in [-0.2, 0) is 6.54 Å². The molecule has 2 nitrogen and oxygen atoms in total. The maximum Gasteiger partial charge on any atom is 0.253 e. The Bertz CT molecular complexity index is 632. The van der Waals surface area contributed by atoms with E-state index in [1.807, 2.05) is 0 Å². The molecule has 0 atom stereocenters. The van der Waals surface area contributed by atoms with Crippen molar-refractivity contribution in [2.45, 2.75) is 6.54 Å². The average Bonchev–Trinajstić information content (AvgIpc) is 2.70. The smallest absolute Gasteiger partial charge is 0.253 e. The van der Waals surface area contributed by atoms with Gasteiger partial charge in [-0.05, 0) is 55.6 Å². The Morgan fingerprint density at radius 1 is 1.37 bits per heavy atom. The molecular weight excluding hydrogens is 420 g/mol. The fourth-order valence-electron chi connectivity index (χ4n) is 1.42. The number of amides is 1. The average molecular weight is 428 g/mol. The molecule has 19 heavy (non-hydrogen) atoms. The summed E-state index contributed by atoms with van der Waals surface area (Å²) in [5.41, 5.74) is 1.30. The topological polar surface area (TPSA) is 29.1 Å². The minimum absolute atomic E-state index is 0.0474. The van der Waals surface area contributed by atoms with Crippen molar-refractivity contribution in [3.63, 3.8) is 0 Å². The summed E-state index contributed by atoms with van der Waals surface area (Å²) in [6.07, 6.45) is 0. The molecule has 0 fully saturated rings. The summed E-state index contributed by atoms with van der Waals surface area (Å²) >= 11 is 13.7. The standard InChI is InChI=1S/C12H7Br2ClFNOS/c13-10-4-7(11(14)19-10)12(18)17-5-6-1-2-9(16)8(15)3-6/h1-4H,5H2,(H,17,18). The van der Waals surface area contributed by atoms with Crippen LogP contribution in [0.5, 0.6) is 0 Å². The number of carbonyl (C=O) groups excluding carboxylic acids is 1. The van der Waals surface area contributed by atoms with Crippen LogP contribution in [0.4, 0.5) is 4.39 Å². The van der Waals surface area contributed by atoms with Gasteiger partial charge in [0.2, 0.25) is 0 Å². The third-order valence-electron chi connectivity index (χ3n) is 2.34. The summed E-state index contributed by atoms with van der Waals surface area (Å²) < 4.78 is 14.6. The van der Waals surface area contributed by atoms with Crippen LogP contribution in [0, 0.1) is 5.82 Å². The van der Waals surface area contributed by atoms with Crippen LogP contribution >= 0.6 is 54.8 Å². The summed E-state index contributed by atoms with van der Waals surface area (Å²) in [5, 5.41) is 2.80. The Hall–Kier alpha value is -0.430. The monoisotopic (exact) mass is 425 g/mol. The Kier molecular flexibility index (Phi) is 5.00. The van der Waals surface area contributed by atoms with Gasteiger partial charge in [-0.25, -0.2) is 4.39 Å². The lowest BCUT2D eigenvalue weighted by Crippen LogP contribution is -2.22. The van der Waals surface area contributed by atoms with E-state index in [0.717, 1.165) is 13.1 Å². The van der Waals surface area contributed by atoms with Gasteiger partial charge in [0, 0.05) is 6.54 Å². The molecule has 0 spiro atoms. The van der Waals surface area contributed by atoms with Gasteiger partial charge in [-0.15, -0.1) is 11.3 Å². The molecule has 0 saturated heterocycles. The first-order valence-corrected chi connectivity index (χ1v) is 7.92. The predicted octanol–water partition coefficient (Wildman–Crippen LogP) is 5.00. The van der Waals surface area contributed by atoms with Gasteiger partial charge >= 0.3 is 0 Å². The molecule has 2 rings (SSSR count). The number of carbonyl (C=O) groups is 1. The van der Waals surface area contributed by atoms with Crippen molar-refractivity contribution < 1.29 is 9.18 Å². The SMILES string of the molecule is O=C(NCc1ccc(F)c(Cl)c1)c1cc(Br)sc1Br. The van der Waals surface area contributed by atoms with Crippen LogP contribution < -0.4 is 5.32 Å². The molecule has 7 heteroatoms. The van der Waals surface area contributed by atoms with E-state index in [1.54, 1.807) is 12.1 Å². The second kappa shape index (κ2) is 6.35. The van der Waals surface area contributed by atoms with Crippen molar-refractivity contribution in [1.29, 1.82) is 0 Å². The Morgan fingerprint density at radius 2 is 2.11 bits per heavy atom. The molecule has 1 aromatic heterocycles. The molecule has 0 aliphatic heterocycles. The van der Waals surface area contributed by atoms with Gasteiger partial charge in [0.25, 0.3) is 5.91 Å². The molecule has 0 aliphatic carbocycles. The number of halogens is 4. The molecule has 100 valence electrons. The van der Waals surface area contributed by atoms with Crippen LogP contribution in [0.2, 0.25) is 5.02 Å². The summed E-state index contributed by atoms with van der Waals surface area (Å²) in [7, 11) is 0.